The van der Waals surface area contributed by atoms with Crippen LogP contribution in [0, 0.1) is 0 Å². The molecular weight excluding hydrogens is 318 g/mol. The van der Waals surface area contributed by atoms with E-state index in [0.717, 1.165) is 5.01 Å². The van der Waals surface area contributed by atoms with Gasteiger partial charge in [-0.15, -0.1) is 11.3 Å². The first-order chi connectivity index (χ1) is 11.1. The van der Waals surface area contributed by atoms with Crippen LogP contribution in [-0.4, -0.2) is 46.3 Å². The van der Waals surface area contributed by atoms with Crippen molar-refractivity contribution in [3.05, 3.63) is 28.3 Å². The first-order valence-electron chi connectivity index (χ1n) is 7.39. The van der Waals surface area contributed by atoms with E-state index in [4.69, 9.17) is 9.26 Å². The van der Waals surface area contributed by atoms with Gasteiger partial charge in [0.2, 0.25) is 5.89 Å². The van der Waals surface area contributed by atoms with E-state index in [-0.39, 0.29) is 12.1 Å². The average Bonchev–Trinajstić information content (AvgIpc) is 3.22. The number of nitrogens with one attached hydrogen (secondary N) is 1. The Balaban J connectivity index is 1.98. The third-order valence-electron chi connectivity index (χ3n) is 3.17. The lowest BCUT2D eigenvalue weighted by atomic mass is 10.3. The molecule has 2 amide bonds. The van der Waals surface area contributed by atoms with Gasteiger partial charge in [0.1, 0.15) is 11.0 Å². The molecule has 23 heavy (non-hydrogen) atoms. The van der Waals surface area contributed by atoms with E-state index >= 15 is 0 Å². The number of ether oxygens (including phenoxy) is 1. The second kappa shape index (κ2) is 8.59. The monoisotopic (exact) mass is 339 g/mol. The summed E-state index contributed by atoms with van der Waals surface area (Å²) in [5, 5.41) is 9.46. The highest BCUT2D eigenvalue weighted by molar-refractivity contribution is 7.09. The van der Waals surface area contributed by atoms with Crippen LogP contribution in [0.15, 0.2) is 16.1 Å². The van der Waals surface area contributed by atoms with Crippen LogP contribution in [0.4, 0.5) is 4.79 Å². The number of hydrogen-bond donors (Lipinski definition) is 1. The van der Waals surface area contributed by atoms with Gasteiger partial charge in [0.05, 0.1) is 13.2 Å². The molecule has 0 aromatic carbocycles. The molecule has 0 saturated carbocycles. The first kappa shape index (κ1) is 17.4. The zero-order chi connectivity index (χ0) is 16.7. The maximum absolute atomic E-state index is 12.5. The summed E-state index contributed by atoms with van der Waals surface area (Å²) in [5.74, 6) is 1.02. The predicted molar refractivity (Wildman–Crippen MR) is 85.0 cm³/mol. The number of hydrogen-bond acceptors (Lipinski definition) is 7. The lowest BCUT2D eigenvalue weighted by Gasteiger charge is -2.23. The minimum absolute atomic E-state index is 0.221. The number of aryl methyl sites for hydroxylation is 1. The highest BCUT2D eigenvalue weighted by Crippen LogP contribution is 2.12. The molecule has 0 aliphatic rings. The molecule has 1 atom stereocenters. The summed E-state index contributed by atoms with van der Waals surface area (Å²) in [5.41, 5.74) is 0. The lowest BCUT2D eigenvalue weighted by molar-refractivity contribution is 0.144. The number of thiazole rings is 1. The van der Waals surface area contributed by atoms with Gasteiger partial charge < -0.3 is 19.5 Å². The van der Waals surface area contributed by atoms with Crippen LogP contribution in [0.25, 0.3) is 0 Å². The number of methoxy groups -OCH3 is 1. The summed E-state index contributed by atoms with van der Waals surface area (Å²) in [6.45, 7) is 5.11. The van der Waals surface area contributed by atoms with Crippen molar-refractivity contribution in [2.45, 2.75) is 32.9 Å². The van der Waals surface area contributed by atoms with Gasteiger partial charge in [-0.1, -0.05) is 12.1 Å². The molecule has 0 bridgehead atoms. The van der Waals surface area contributed by atoms with Crippen LogP contribution < -0.4 is 5.32 Å². The minimum atomic E-state index is -0.364. The highest BCUT2D eigenvalue weighted by Gasteiger charge is 2.21. The summed E-state index contributed by atoms with van der Waals surface area (Å²) in [6, 6.07) is -0.586. The third-order valence-corrected chi connectivity index (χ3v) is 3.94. The van der Waals surface area contributed by atoms with Crippen molar-refractivity contribution in [2.75, 3.05) is 20.3 Å². The zero-order valence-electron chi connectivity index (χ0n) is 13.5. The summed E-state index contributed by atoms with van der Waals surface area (Å²) >= 11 is 1.51. The van der Waals surface area contributed by atoms with Crippen molar-refractivity contribution < 1.29 is 14.1 Å². The van der Waals surface area contributed by atoms with Crippen LogP contribution in [0.2, 0.25) is 0 Å². The van der Waals surface area contributed by atoms with E-state index in [1.54, 1.807) is 18.2 Å². The molecule has 9 heteroatoms. The van der Waals surface area contributed by atoms with E-state index in [9.17, 15) is 4.79 Å². The van der Waals surface area contributed by atoms with Gasteiger partial charge >= 0.3 is 6.03 Å². The smallest absolute Gasteiger partial charge is 0.318 e. The van der Waals surface area contributed by atoms with Crippen LogP contribution in [-0.2, 0) is 17.7 Å². The number of carbonyl (C=O) groups excluding carboxylic acids is 1. The van der Waals surface area contributed by atoms with Crippen molar-refractivity contribution in [3.8, 4) is 0 Å². The predicted octanol–water partition coefficient (Wildman–Crippen LogP) is 2.01. The van der Waals surface area contributed by atoms with Gasteiger partial charge in [-0.25, -0.2) is 9.78 Å². The van der Waals surface area contributed by atoms with Crippen molar-refractivity contribution in [2.24, 2.45) is 0 Å². The van der Waals surface area contributed by atoms with Crippen LogP contribution in [0.1, 0.15) is 36.6 Å². The van der Waals surface area contributed by atoms with Gasteiger partial charge in [0, 0.05) is 31.7 Å². The molecule has 1 N–H and O–H groups in total. The lowest BCUT2D eigenvalue weighted by Crippen LogP contribution is -2.42. The Morgan fingerprint density at radius 3 is 3.00 bits per heavy atom. The number of urea groups is 1. The van der Waals surface area contributed by atoms with E-state index in [0.29, 0.717) is 37.8 Å². The van der Waals surface area contributed by atoms with Crippen molar-refractivity contribution in [3.63, 3.8) is 0 Å². The Morgan fingerprint density at radius 2 is 2.39 bits per heavy atom. The topological polar surface area (TPSA) is 93.4 Å². The molecule has 0 spiro atoms. The molecule has 0 unspecified atom stereocenters. The standard InChI is InChI=1S/C14H21N5O3S/c1-4-11-17-13(22-18-11)10(2)16-14(20)19(6-7-21-3)9-12-15-5-8-23-12/h5,8,10H,4,6-7,9H2,1-3H3,(H,16,20)/t10-/m0/s1. The number of amides is 2. The molecule has 2 aromatic heterocycles. The molecule has 2 rings (SSSR count). The van der Waals surface area contributed by atoms with E-state index in [1.807, 2.05) is 19.2 Å². The number of carbonyl (C=O) groups is 1. The normalized spacial score (nSPS) is 12.1. The Bertz CT molecular complexity index is 601. The minimum Gasteiger partial charge on any atom is -0.383 e. The average molecular weight is 339 g/mol. The van der Waals surface area contributed by atoms with Crippen molar-refractivity contribution in [1.82, 2.24) is 25.3 Å². The van der Waals surface area contributed by atoms with Crippen molar-refractivity contribution >= 4 is 17.4 Å². The molecule has 0 aliphatic heterocycles. The second-order valence-electron chi connectivity index (χ2n) is 4.91. The van der Waals surface area contributed by atoms with E-state index in [1.165, 1.54) is 11.3 Å². The van der Waals surface area contributed by atoms with Gasteiger partial charge in [-0.2, -0.15) is 4.98 Å². The van der Waals surface area contributed by atoms with E-state index < -0.39 is 0 Å². The number of rotatable bonds is 8. The molecule has 126 valence electrons. The number of nitrogens with zero attached hydrogens (tertiary/aromatic N) is 4. The summed E-state index contributed by atoms with van der Waals surface area (Å²) in [7, 11) is 1.60. The molecule has 0 aliphatic carbocycles. The molecule has 2 aromatic rings. The maximum atomic E-state index is 12.5. The second-order valence-corrected chi connectivity index (χ2v) is 5.89. The molecule has 8 nitrogen and oxygen atoms in total. The summed E-state index contributed by atoms with van der Waals surface area (Å²) in [6.07, 6.45) is 2.41. The van der Waals surface area contributed by atoms with E-state index in [2.05, 4.69) is 20.4 Å². The zero-order valence-corrected chi connectivity index (χ0v) is 14.3. The summed E-state index contributed by atoms with van der Waals surface area (Å²) < 4.78 is 10.2. The van der Waals surface area contributed by atoms with Crippen LogP contribution in [0.3, 0.4) is 0 Å². The third kappa shape index (κ3) is 5.00. The fourth-order valence-corrected chi connectivity index (χ4v) is 2.50. The first-order valence-corrected chi connectivity index (χ1v) is 8.27. The molecule has 0 saturated heterocycles. The maximum Gasteiger partial charge on any atom is 0.318 e. The quantitative estimate of drug-likeness (QED) is 0.791. The summed E-state index contributed by atoms with van der Waals surface area (Å²) in [4.78, 5) is 22.6. The van der Waals surface area contributed by atoms with Gasteiger partial charge in [0.25, 0.3) is 0 Å². The van der Waals surface area contributed by atoms with Gasteiger partial charge in [-0.05, 0) is 6.92 Å². The molecular formula is C14H21N5O3S. The largest absolute Gasteiger partial charge is 0.383 e. The van der Waals surface area contributed by atoms with Gasteiger partial charge in [-0.3, -0.25) is 0 Å². The Hall–Kier alpha value is -2.00. The van der Waals surface area contributed by atoms with Crippen molar-refractivity contribution in [1.29, 1.82) is 0 Å². The van der Waals surface area contributed by atoms with Crippen LogP contribution in [0.5, 0.6) is 0 Å². The molecule has 2 heterocycles. The molecule has 0 fully saturated rings. The van der Waals surface area contributed by atoms with Gasteiger partial charge in [0.15, 0.2) is 5.82 Å². The Morgan fingerprint density at radius 1 is 1.57 bits per heavy atom. The highest BCUT2D eigenvalue weighted by atomic mass is 32.1. The fourth-order valence-electron chi connectivity index (χ4n) is 1.87. The fraction of sp³-hybridized carbons (Fsp3) is 0.571. The molecule has 0 radical (unpaired) electrons. The SMILES string of the molecule is CCc1noc([C@H](C)NC(=O)N(CCOC)Cc2nccs2)n1. The number of aromatic nitrogens is 3. The Kier molecular flexibility index (Phi) is 6.48. The van der Waals surface area contributed by atoms with Crippen LogP contribution >= 0.6 is 11.3 Å². The Labute approximate surface area is 138 Å².